The first-order chi connectivity index (χ1) is 21.3. The smallest absolute Gasteiger partial charge is 0.238 e. The molecule has 2 N–H and O–H groups in total. The minimum Gasteiger partial charge on any atom is -0.493 e. The summed E-state index contributed by atoms with van der Waals surface area (Å²) in [6.07, 6.45) is 1.79. The highest BCUT2D eigenvalue weighted by atomic mass is 32.2. The Balaban J connectivity index is 1.51. The third kappa shape index (κ3) is 6.13. The van der Waals surface area contributed by atoms with Gasteiger partial charge in [-0.2, -0.15) is 0 Å². The zero-order valence-electron chi connectivity index (χ0n) is 25.9. The van der Waals surface area contributed by atoms with E-state index in [1.54, 1.807) is 25.1 Å². The van der Waals surface area contributed by atoms with Gasteiger partial charge in [-0.3, -0.25) is 9.78 Å². The van der Waals surface area contributed by atoms with Crippen molar-refractivity contribution in [2.45, 2.75) is 64.2 Å². The number of primary sulfonamides is 1. The van der Waals surface area contributed by atoms with Crippen molar-refractivity contribution in [2.24, 2.45) is 5.14 Å². The Labute approximate surface area is 262 Å². The van der Waals surface area contributed by atoms with Crippen LogP contribution in [-0.4, -0.2) is 36.4 Å². The molecule has 0 aliphatic carbocycles. The maximum absolute atomic E-state index is 13.2. The van der Waals surface area contributed by atoms with E-state index in [4.69, 9.17) is 29.3 Å². The van der Waals surface area contributed by atoms with Gasteiger partial charge in [-0.05, 0) is 105 Å². The highest BCUT2D eigenvalue weighted by Crippen LogP contribution is 2.45. The SMILES string of the molecule is CC(=O)[C@@H](OC(C)(C)C)c1c(C)cc2nc(OCc3ccc(S(N)(=O)=O)cc3)ccc2c1-c1ccc2c3c(ccnc13)CCO2. The normalized spacial score (nSPS) is 13.9. The number of pyridine rings is 2. The van der Waals surface area contributed by atoms with Crippen LogP contribution in [0, 0.1) is 6.92 Å². The van der Waals surface area contributed by atoms with E-state index >= 15 is 0 Å². The molecule has 1 aliphatic heterocycles. The highest BCUT2D eigenvalue weighted by molar-refractivity contribution is 7.89. The van der Waals surface area contributed by atoms with Crippen molar-refractivity contribution in [3.05, 3.63) is 89.1 Å². The fraction of sp³-hybridized carbons (Fsp3) is 0.286. The number of rotatable bonds is 8. The monoisotopic (exact) mass is 625 g/mol. The number of hydrogen-bond donors (Lipinski definition) is 1. The lowest BCUT2D eigenvalue weighted by molar-refractivity contribution is -0.138. The second-order valence-corrected chi connectivity index (χ2v) is 13.9. The molecule has 9 nitrogen and oxygen atoms in total. The summed E-state index contributed by atoms with van der Waals surface area (Å²) >= 11 is 0. The average molecular weight is 626 g/mol. The number of benzene rings is 3. The van der Waals surface area contributed by atoms with Gasteiger partial charge in [0.2, 0.25) is 15.9 Å². The molecule has 0 fully saturated rings. The summed E-state index contributed by atoms with van der Waals surface area (Å²) in [5.41, 5.74) is 6.13. The summed E-state index contributed by atoms with van der Waals surface area (Å²) in [7, 11) is -3.78. The van der Waals surface area contributed by atoms with Crippen LogP contribution in [0.5, 0.6) is 11.6 Å². The lowest BCUT2D eigenvalue weighted by atomic mass is 9.86. The lowest BCUT2D eigenvalue weighted by Crippen LogP contribution is -2.27. The van der Waals surface area contributed by atoms with Crippen molar-refractivity contribution in [1.29, 1.82) is 0 Å². The van der Waals surface area contributed by atoms with Crippen molar-refractivity contribution < 1.29 is 27.4 Å². The van der Waals surface area contributed by atoms with Gasteiger partial charge in [-0.25, -0.2) is 18.5 Å². The van der Waals surface area contributed by atoms with Crippen molar-refractivity contribution >= 4 is 37.6 Å². The number of ketones is 1. The standard InChI is InChI=1S/C35H35N3O6S/c1-20-18-27-25(11-13-29(38-27)43-19-22-6-8-24(9-7-22)45(36,40)41)32(30(20)34(21(2)39)44-35(3,4)5)26-10-12-28-31-23(15-17-42-28)14-16-37-33(26)31/h6-14,16,18,34H,15,17,19H2,1-5H3,(H2,36,40,41)/t34-/m1/s1. The molecule has 0 saturated carbocycles. The van der Waals surface area contributed by atoms with Crippen molar-refractivity contribution in [1.82, 2.24) is 9.97 Å². The molecule has 5 aromatic rings. The number of hydrogen-bond acceptors (Lipinski definition) is 8. The fourth-order valence-corrected chi connectivity index (χ4v) is 6.36. The molecule has 0 saturated heterocycles. The van der Waals surface area contributed by atoms with Gasteiger partial charge in [-0.15, -0.1) is 0 Å². The molecule has 0 unspecified atom stereocenters. The van der Waals surface area contributed by atoms with Gasteiger partial charge < -0.3 is 14.2 Å². The van der Waals surface area contributed by atoms with Gasteiger partial charge in [0.1, 0.15) is 18.5 Å². The molecule has 3 heterocycles. The van der Waals surface area contributed by atoms with Crippen molar-refractivity contribution in [3.63, 3.8) is 0 Å². The Morgan fingerprint density at radius 3 is 2.51 bits per heavy atom. The number of aromatic nitrogens is 2. The average Bonchev–Trinajstić information content (AvgIpc) is 2.98. The Bertz CT molecular complexity index is 2060. The molecule has 232 valence electrons. The largest absolute Gasteiger partial charge is 0.493 e. The van der Waals surface area contributed by atoms with E-state index in [-0.39, 0.29) is 17.3 Å². The molecule has 1 atom stereocenters. The quantitative estimate of drug-likeness (QED) is 0.211. The summed E-state index contributed by atoms with van der Waals surface area (Å²) in [6, 6.07) is 17.9. The van der Waals surface area contributed by atoms with Crippen LogP contribution in [0.3, 0.4) is 0 Å². The van der Waals surface area contributed by atoms with Crippen LogP contribution in [0.2, 0.25) is 0 Å². The van der Waals surface area contributed by atoms with Gasteiger partial charge in [0.25, 0.3) is 0 Å². The second-order valence-electron chi connectivity index (χ2n) is 12.3. The third-order valence-corrected chi connectivity index (χ3v) is 8.73. The number of nitrogens with two attached hydrogens (primary N) is 1. The molecule has 0 bridgehead atoms. The van der Waals surface area contributed by atoms with Gasteiger partial charge in [0.05, 0.1) is 28.1 Å². The summed E-state index contributed by atoms with van der Waals surface area (Å²) in [4.78, 5) is 22.9. The number of sulfonamides is 1. The number of ether oxygens (including phenoxy) is 3. The molecule has 2 aromatic heterocycles. The van der Waals surface area contributed by atoms with Gasteiger partial charge in [0, 0.05) is 35.0 Å². The zero-order valence-corrected chi connectivity index (χ0v) is 26.7. The zero-order chi connectivity index (χ0) is 32.1. The van der Waals surface area contributed by atoms with Crippen LogP contribution in [0.25, 0.3) is 32.9 Å². The minimum atomic E-state index is -3.78. The number of fused-ring (bicyclic) bond motifs is 1. The van der Waals surface area contributed by atoms with E-state index in [2.05, 4.69) is 0 Å². The first-order valence-electron chi connectivity index (χ1n) is 14.7. The second kappa shape index (κ2) is 11.5. The van der Waals surface area contributed by atoms with E-state index in [1.807, 2.05) is 64.2 Å². The molecule has 3 aromatic carbocycles. The predicted octanol–water partition coefficient (Wildman–Crippen LogP) is 6.36. The molecule has 0 spiro atoms. The summed E-state index contributed by atoms with van der Waals surface area (Å²) in [5.74, 6) is 1.09. The van der Waals surface area contributed by atoms with Crippen molar-refractivity contribution in [3.8, 4) is 22.8 Å². The molecule has 45 heavy (non-hydrogen) atoms. The summed E-state index contributed by atoms with van der Waals surface area (Å²) in [5, 5.41) is 7.01. The first-order valence-corrected chi connectivity index (χ1v) is 16.3. The predicted molar refractivity (Wildman–Crippen MR) is 173 cm³/mol. The Morgan fingerprint density at radius 1 is 1.07 bits per heavy atom. The maximum Gasteiger partial charge on any atom is 0.238 e. The van der Waals surface area contributed by atoms with Crippen LogP contribution in [0.15, 0.2) is 71.8 Å². The number of aryl methyl sites for hydroxylation is 1. The number of carbonyl (C=O) groups excluding carboxylic acids is 1. The van der Waals surface area contributed by atoms with Crippen LogP contribution in [-0.2, 0) is 32.6 Å². The van der Waals surface area contributed by atoms with E-state index in [1.165, 1.54) is 17.7 Å². The lowest BCUT2D eigenvalue weighted by Gasteiger charge is -2.30. The molecular weight excluding hydrogens is 590 g/mol. The Morgan fingerprint density at radius 2 is 1.82 bits per heavy atom. The number of nitrogens with zero attached hydrogens (tertiary/aromatic N) is 2. The maximum atomic E-state index is 13.2. The van der Waals surface area contributed by atoms with E-state index < -0.39 is 21.7 Å². The number of Topliss-reactive ketones (excluding diaryl/α,β-unsaturated/α-hetero) is 1. The molecule has 6 rings (SSSR count). The topological polar surface area (TPSA) is 131 Å². The summed E-state index contributed by atoms with van der Waals surface area (Å²) in [6.45, 7) is 10.1. The first kappa shape index (κ1) is 30.6. The Hall–Kier alpha value is -4.38. The van der Waals surface area contributed by atoms with Crippen LogP contribution in [0.4, 0.5) is 0 Å². The minimum absolute atomic E-state index is 0.0351. The van der Waals surface area contributed by atoms with E-state index in [0.29, 0.717) is 18.0 Å². The molecule has 0 radical (unpaired) electrons. The fourth-order valence-electron chi connectivity index (χ4n) is 5.85. The molecular formula is C35H35N3O6S. The summed E-state index contributed by atoms with van der Waals surface area (Å²) < 4.78 is 41.6. The molecule has 10 heteroatoms. The third-order valence-electron chi connectivity index (χ3n) is 7.80. The number of carbonyl (C=O) groups is 1. The molecule has 1 aliphatic rings. The molecule has 0 amide bonds. The van der Waals surface area contributed by atoms with Crippen LogP contribution >= 0.6 is 0 Å². The van der Waals surface area contributed by atoms with Crippen LogP contribution in [0.1, 0.15) is 56.1 Å². The highest BCUT2D eigenvalue weighted by Gasteiger charge is 2.31. The van der Waals surface area contributed by atoms with Gasteiger partial charge in [-0.1, -0.05) is 12.1 Å². The van der Waals surface area contributed by atoms with E-state index in [9.17, 15) is 13.2 Å². The van der Waals surface area contributed by atoms with Gasteiger partial charge >= 0.3 is 0 Å². The van der Waals surface area contributed by atoms with Crippen molar-refractivity contribution in [2.75, 3.05) is 6.61 Å². The van der Waals surface area contributed by atoms with E-state index in [0.717, 1.165) is 56.3 Å². The van der Waals surface area contributed by atoms with Crippen LogP contribution < -0.4 is 14.6 Å². The van der Waals surface area contributed by atoms with Gasteiger partial charge in [0.15, 0.2) is 5.78 Å². The Kier molecular flexibility index (Phi) is 7.84.